The number of anilines is 2. The van der Waals surface area contributed by atoms with E-state index in [0.29, 0.717) is 28.4 Å². The number of methoxy groups -OCH3 is 2. The molecule has 7 nitrogen and oxygen atoms in total. The summed E-state index contributed by atoms with van der Waals surface area (Å²) in [6, 6.07) is 18.3. The minimum absolute atomic E-state index is 0.220. The van der Waals surface area contributed by atoms with Gasteiger partial charge in [0.05, 0.1) is 24.8 Å². The minimum atomic E-state index is -3.73. The third-order valence-corrected chi connectivity index (χ3v) is 7.65. The van der Waals surface area contributed by atoms with Gasteiger partial charge < -0.3 is 14.8 Å². The van der Waals surface area contributed by atoms with Crippen LogP contribution in [-0.4, -0.2) is 41.3 Å². The smallest absolute Gasteiger partial charge is 0.264 e. The topological polar surface area (TPSA) is 84.9 Å². The molecule has 0 atom stereocenters. The number of hydrogen-bond donors (Lipinski definition) is 1. The molecule has 0 radical (unpaired) electrons. The van der Waals surface area contributed by atoms with Crippen LogP contribution < -0.4 is 19.1 Å². The van der Waals surface area contributed by atoms with Crippen LogP contribution >= 0.6 is 11.8 Å². The Kier molecular flexibility index (Phi) is 7.88. The van der Waals surface area contributed by atoms with Crippen LogP contribution in [0.15, 0.2) is 76.5 Å². The van der Waals surface area contributed by atoms with Gasteiger partial charge in [-0.25, -0.2) is 8.42 Å². The molecular formula is C24H26N2O5S2. The standard InChI is InChI=1S/C24H26N2O5S2/c1-5-26(33(28,29)21-13-11-20(32-4)12-14-21)19-9-6-17(7-10-19)24(27)25-18-8-15-22(30-2)23(16-18)31-3/h6-16H,5H2,1-4H3,(H,25,27). The summed E-state index contributed by atoms with van der Waals surface area (Å²) in [4.78, 5) is 13.9. The van der Waals surface area contributed by atoms with E-state index in [-0.39, 0.29) is 17.3 Å². The molecule has 0 aromatic heterocycles. The molecule has 3 aromatic carbocycles. The molecule has 0 heterocycles. The number of rotatable bonds is 9. The molecule has 0 spiro atoms. The maximum absolute atomic E-state index is 13.2. The van der Waals surface area contributed by atoms with Crippen molar-refractivity contribution in [3.8, 4) is 11.5 Å². The summed E-state index contributed by atoms with van der Waals surface area (Å²) in [5.74, 6) is 0.733. The molecule has 0 saturated carbocycles. The number of nitrogens with zero attached hydrogens (tertiary/aromatic N) is 1. The highest BCUT2D eigenvalue weighted by Gasteiger charge is 2.23. The van der Waals surface area contributed by atoms with Gasteiger partial charge in [0, 0.05) is 28.8 Å². The van der Waals surface area contributed by atoms with Crippen LogP contribution in [0.3, 0.4) is 0 Å². The van der Waals surface area contributed by atoms with Crippen LogP contribution in [0.5, 0.6) is 11.5 Å². The number of nitrogens with one attached hydrogen (secondary N) is 1. The molecule has 9 heteroatoms. The number of benzene rings is 3. The maximum atomic E-state index is 13.2. The Hall–Kier alpha value is -3.17. The SMILES string of the molecule is CCN(c1ccc(C(=O)Nc2ccc(OC)c(OC)c2)cc1)S(=O)(=O)c1ccc(SC)cc1. The highest BCUT2D eigenvalue weighted by Crippen LogP contribution is 2.30. The number of hydrogen-bond acceptors (Lipinski definition) is 6. The fourth-order valence-electron chi connectivity index (χ4n) is 3.26. The zero-order valence-corrected chi connectivity index (χ0v) is 20.5. The minimum Gasteiger partial charge on any atom is -0.493 e. The Balaban J connectivity index is 1.79. The van der Waals surface area contributed by atoms with Crippen molar-refractivity contribution in [3.05, 3.63) is 72.3 Å². The lowest BCUT2D eigenvalue weighted by molar-refractivity contribution is 0.102. The van der Waals surface area contributed by atoms with Crippen LogP contribution in [0.4, 0.5) is 11.4 Å². The van der Waals surface area contributed by atoms with Gasteiger partial charge in [-0.2, -0.15) is 0 Å². The normalized spacial score (nSPS) is 11.0. The molecule has 3 rings (SSSR count). The molecule has 174 valence electrons. The Morgan fingerprint density at radius 1 is 0.939 bits per heavy atom. The van der Waals surface area contributed by atoms with Crippen LogP contribution in [0.2, 0.25) is 0 Å². The van der Waals surface area contributed by atoms with E-state index in [2.05, 4.69) is 5.32 Å². The summed E-state index contributed by atoms with van der Waals surface area (Å²) in [5, 5.41) is 2.81. The lowest BCUT2D eigenvalue weighted by atomic mass is 10.2. The van der Waals surface area contributed by atoms with Crippen molar-refractivity contribution in [1.29, 1.82) is 0 Å². The third-order valence-electron chi connectivity index (χ3n) is 4.99. The summed E-state index contributed by atoms with van der Waals surface area (Å²) >= 11 is 1.55. The lowest BCUT2D eigenvalue weighted by Gasteiger charge is -2.23. The first-order valence-electron chi connectivity index (χ1n) is 10.1. The maximum Gasteiger partial charge on any atom is 0.264 e. The average molecular weight is 487 g/mol. The van der Waals surface area contributed by atoms with Crippen molar-refractivity contribution < 1.29 is 22.7 Å². The van der Waals surface area contributed by atoms with Crippen molar-refractivity contribution in [2.24, 2.45) is 0 Å². The zero-order valence-electron chi connectivity index (χ0n) is 18.9. The van der Waals surface area contributed by atoms with E-state index in [1.54, 1.807) is 85.4 Å². The quantitative estimate of drug-likeness (QED) is 0.434. The molecule has 1 amide bonds. The lowest BCUT2D eigenvalue weighted by Crippen LogP contribution is -2.30. The van der Waals surface area contributed by atoms with Crippen LogP contribution in [0.25, 0.3) is 0 Å². The molecule has 33 heavy (non-hydrogen) atoms. The summed E-state index contributed by atoms with van der Waals surface area (Å²) in [5.41, 5.74) is 1.42. The van der Waals surface area contributed by atoms with Gasteiger partial charge in [-0.1, -0.05) is 0 Å². The van der Waals surface area contributed by atoms with Gasteiger partial charge in [-0.3, -0.25) is 9.10 Å². The molecule has 0 fully saturated rings. The van der Waals surface area contributed by atoms with E-state index >= 15 is 0 Å². The first kappa shape index (κ1) is 24.5. The van der Waals surface area contributed by atoms with E-state index in [0.717, 1.165) is 4.90 Å². The van der Waals surface area contributed by atoms with Crippen molar-refractivity contribution in [1.82, 2.24) is 0 Å². The molecular weight excluding hydrogens is 460 g/mol. The fourth-order valence-corrected chi connectivity index (χ4v) is 5.14. The summed E-state index contributed by atoms with van der Waals surface area (Å²) in [6.07, 6.45) is 1.94. The van der Waals surface area contributed by atoms with Crippen LogP contribution in [-0.2, 0) is 10.0 Å². The molecule has 0 bridgehead atoms. The molecule has 1 N–H and O–H groups in total. The Labute approximate surface area is 198 Å². The second-order valence-electron chi connectivity index (χ2n) is 6.92. The van der Waals surface area contributed by atoms with Gasteiger partial charge in [-0.05, 0) is 73.8 Å². The molecule has 0 aliphatic rings. The molecule has 0 unspecified atom stereocenters. The summed E-state index contributed by atoms with van der Waals surface area (Å²) < 4.78 is 38.1. The summed E-state index contributed by atoms with van der Waals surface area (Å²) in [6.45, 7) is 2.02. The van der Waals surface area contributed by atoms with Crippen LogP contribution in [0.1, 0.15) is 17.3 Å². The van der Waals surface area contributed by atoms with Gasteiger partial charge >= 0.3 is 0 Å². The van der Waals surface area contributed by atoms with Gasteiger partial charge in [0.15, 0.2) is 11.5 Å². The first-order chi connectivity index (χ1) is 15.8. The Morgan fingerprint density at radius 3 is 2.12 bits per heavy atom. The van der Waals surface area contributed by atoms with E-state index < -0.39 is 10.0 Å². The van der Waals surface area contributed by atoms with E-state index in [1.165, 1.54) is 18.5 Å². The fraction of sp³-hybridized carbons (Fsp3) is 0.208. The predicted octanol–water partition coefficient (Wildman–Crippen LogP) is 4.89. The number of sulfonamides is 1. The van der Waals surface area contributed by atoms with E-state index in [4.69, 9.17) is 9.47 Å². The van der Waals surface area contributed by atoms with Gasteiger partial charge in [0.25, 0.3) is 15.9 Å². The summed E-state index contributed by atoms with van der Waals surface area (Å²) in [7, 11) is -0.668. The van der Waals surface area contributed by atoms with E-state index in [9.17, 15) is 13.2 Å². The highest BCUT2D eigenvalue weighted by molar-refractivity contribution is 7.98. The van der Waals surface area contributed by atoms with Gasteiger partial charge in [-0.15, -0.1) is 11.8 Å². The second kappa shape index (κ2) is 10.6. The van der Waals surface area contributed by atoms with Crippen molar-refractivity contribution in [2.45, 2.75) is 16.7 Å². The van der Waals surface area contributed by atoms with E-state index in [1.807, 2.05) is 6.26 Å². The molecule has 0 saturated heterocycles. The predicted molar refractivity (Wildman–Crippen MR) is 132 cm³/mol. The monoisotopic (exact) mass is 486 g/mol. The molecule has 0 aliphatic carbocycles. The van der Waals surface area contributed by atoms with Crippen molar-refractivity contribution >= 4 is 39.1 Å². The zero-order chi connectivity index (χ0) is 24.0. The van der Waals surface area contributed by atoms with Gasteiger partial charge in [0.2, 0.25) is 0 Å². The van der Waals surface area contributed by atoms with Crippen LogP contribution in [0, 0.1) is 0 Å². The number of amides is 1. The molecule has 0 aliphatic heterocycles. The first-order valence-corrected chi connectivity index (χ1v) is 12.8. The van der Waals surface area contributed by atoms with Gasteiger partial charge in [0.1, 0.15) is 0 Å². The number of ether oxygens (including phenoxy) is 2. The third kappa shape index (κ3) is 5.43. The second-order valence-corrected chi connectivity index (χ2v) is 9.66. The number of carbonyl (C=O) groups is 1. The molecule has 3 aromatic rings. The number of thioether (sulfide) groups is 1. The average Bonchev–Trinajstić information content (AvgIpc) is 2.84. The van der Waals surface area contributed by atoms with Crippen molar-refractivity contribution in [2.75, 3.05) is 36.6 Å². The number of carbonyl (C=O) groups excluding carboxylic acids is 1. The highest BCUT2D eigenvalue weighted by atomic mass is 32.2. The largest absolute Gasteiger partial charge is 0.493 e. The Morgan fingerprint density at radius 2 is 1.58 bits per heavy atom. The van der Waals surface area contributed by atoms with Crippen molar-refractivity contribution in [3.63, 3.8) is 0 Å². The Bertz CT molecular complexity index is 1210.